The van der Waals surface area contributed by atoms with Gasteiger partial charge in [0.1, 0.15) is 5.82 Å². The minimum absolute atomic E-state index is 0.374. The summed E-state index contributed by atoms with van der Waals surface area (Å²) in [4.78, 5) is 17.9. The number of aromatic amines is 1. The molecule has 0 aliphatic heterocycles. The first-order valence-electron chi connectivity index (χ1n) is 5.32. The fourth-order valence-electron chi connectivity index (χ4n) is 1.89. The second-order valence-corrected chi connectivity index (χ2v) is 3.98. The van der Waals surface area contributed by atoms with Crippen molar-refractivity contribution in [3.05, 3.63) is 46.9 Å². The molecule has 2 aromatic heterocycles. The number of aromatic nitrogens is 4. The van der Waals surface area contributed by atoms with Crippen molar-refractivity contribution in [2.75, 3.05) is 0 Å². The van der Waals surface area contributed by atoms with Gasteiger partial charge in [0.05, 0.1) is 17.4 Å². The number of hydrogen-bond donors (Lipinski definition) is 1. The molecule has 0 aliphatic carbocycles. The third-order valence-corrected chi connectivity index (χ3v) is 2.67. The van der Waals surface area contributed by atoms with Crippen LogP contribution in [0.1, 0.15) is 0 Å². The Bertz CT molecular complexity index is 790. The van der Waals surface area contributed by atoms with Crippen LogP contribution in [0.2, 0.25) is 0 Å². The van der Waals surface area contributed by atoms with Gasteiger partial charge in [0.15, 0.2) is 0 Å². The monoisotopic (exact) mass is 244 g/mol. The van der Waals surface area contributed by atoms with Crippen molar-refractivity contribution in [1.82, 2.24) is 19.7 Å². The van der Waals surface area contributed by atoms with E-state index in [1.165, 1.54) is 18.2 Å². The molecule has 3 aromatic rings. The third kappa shape index (κ3) is 1.67. The Hall–Kier alpha value is -2.50. The largest absolute Gasteiger partial charge is 0.345 e. The lowest BCUT2D eigenvalue weighted by Crippen LogP contribution is -2.11. The average Bonchev–Trinajstić information content (AvgIpc) is 2.75. The van der Waals surface area contributed by atoms with Crippen molar-refractivity contribution in [2.45, 2.75) is 0 Å². The fraction of sp³-hybridized carbons (Fsp3) is 0.0833. The van der Waals surface area contributed by atoms with Gasteiger partial charge in [0.25, 0.3) is 0 Å². The summed E-state index contributed by atoms with van der Waals surface area (Å²) in [5.74, 6) is -0.374. The van der Waals surface area contributed by atoms with Gasteiger partial charge in [-0.05, 0) is 18.2 Å². The first-order chi connectivity index (χ1) is 8.63. The van der Waals surface area contributed by atoms with Crippen LogP contribution >= 0.6 is 0 Å². The Morgan fingerprint density at radius 2 is 2.22 bits per heavy atom. The maximum atomic E-state index is 13.3. The average molecular weight is 244 g/mol. The lowest BCUT2D eigenvalue weighted by molar-refractivity contribution is 0.629. The summed E-state index contributed by atoms with van der Waals surface area (Å²) in [6.07, 6.45) is 3.32. The highest BCUT2D eigenvalue weighted by molar-refractivity contribution is 5.91. The number of halogens is 1. The number of nitrogens with one attached hydrogen (secondary N) is 1. The standard InChI is InChI=1S/C12H9FN4O/c1-17-6-7(5-14-17)11-9-4-8(13)2-3-10(9)15-12(18)16-11/h2-6H,1H3,(H,15,16,18). The van der Waals surface area contributed by atoms with Gasteiger partial charge >= 0.3 is 5.69 Å². The highest BCUT2D eigenvalue weighted by Gasteiger charge is 2.10. The first kappa shape index (κ1) is 10.6. The molecule has 0 bridgehead atoms. The minimum atomic E-state index is -0.465. The molecular weight excluding hydrogens is 235 g/mol. The van der Waals surface area contributed by atoms with Gasteiger partial charge in [-0.3, -0.25) is 4.68 Å². The minimum Gasteiger partial charge on any atom is -0.305 e. The van der Waals surface area contributed by atoms with Crippen LogP contribution < -0.4 is 5.69 Å². The van der Waals surface area contributed by atoms with E-state index in [2.05, 4.69) is 15.1 Å². The van der Waals surface area contributed by atoms with Crippen molar-refractivity contribution in [2.24, 2.45) is 7.05 Å². The SMILES string of the molecule is Cn1cc(-c2nc(=O)[nH]c3ccc(F)cc23)cn1. The Labute approximate surface area is 101 Å². The second kappa shape index (κ2) is 3.76. The fourth-order valence-corrected chi connectivity index (χ4v) is 1.89. The third-order valence-electron chi connectivity index (χ3n) is 2.67. The summed E-state index contributed by atoms with van der Waals surface area (Å²) in [5.41, 5.74) is 1.20. The number of rotatable bonds is 1. The summed E-state index contributed by atoms with van der Waals surface area (Å²) in [5, 5.41) is 4.58. The number of benzene rings is 1. The van der Waals surface area contributed by atoms with Crippen molar-refractivity contribution >= 4 is 10.9 Å². The second-order valence-electron chi connectivity index (χ2n) is 3.98. The van der Waals surface area contributed by atoms with Crippen LogP contribution in [-0.2, 0) is 7.05 Å². The Kier molecular flexibility index (Phi) is 2.22. The number of H-pyrrole nitrogens is 1. The molecule has 0 aliphatic rings. The van der Waals surface area contributed by atoms with Crippen LogP contribution in [0, 0.1) is 5.82 Å². The number of aryl methyl sites for hydroxylation is 1. The lowest BCUT2D eigenvalue weighted by Gasteiger charge is -2.02. The topological polar surface area (TPSA) is 63.6 Å². The number of nitrogens with zero attached hydrogens (tertiary/aromatic N) is 3. The van der Waals surface area contributed by atoms with E-state index in [1.807, 2.05) is 0 Å². The van der Waals surface area contributed by atoms with Crippen LogP contribution in [-0.4, -0.2) is 19.7 Å². The van der Waals surface area contributed by atoms with E-state index < -0.39 is 5.69 Å². The van der Waals surface area contributed by atoms with Gasteiger partial charge in [-0.15, -0.1) is 0 Å². The van der Waals surface area contributed by atoms with Gasteiger partial charge in [-0.25, -0.2) is 9.18 Å². The predicted molar refractivity (Wildman–Crippen MR) is 64.5 cm³/mol. The maximum Gasteiger partial charge on any atom is 0.345 e. The zero-order chi connectivity index (χ0) is 12.7. The molecule has 5 nitrogen and oxygen atoms in total. The molecule has 18 heavy (non-hydrogen) atoms. The van der Waals surface area contributed by atoms with Crippen molar-refractivity contribution in [1.29, 1.82) is 0 Å². The predicted octanol–water partition coefficient (Wildman–Crippen LogP) is 1.46. The van der Waals surface area contributed by atoms with Gasteiger partial charge in [0, 0.05) is 24.2 Å². The van der Waals surface area contributed by atoms with E-state index in [0.717, 1.165) is 0 Å². The summed E-state index contributed by atoms with van der Waals surface area (Å²) >= 11 is 0. The Morgan fingerprint density at radius 1 is 1.39 bits per heavy atom. The normalized spacial score (nSPS) is 11.0. The summed E-state index contributed by atoms with van der Waals surface area (Å²) < 4.78 is 14.9. The molecule has 0 unspecified atom stereocenters. The van der Waals surface area contributed by atoms with Crippen molar-refractivity contribution < 1.29 is 4.39 Å². The molecule has 0 saturated heterocycles. The van der Waals surface area contributed by atoms with Gasteiger partial charge < -0.3 is 4.98 Å². The highest BCUT2D eigenvalue weighted by Crippen LogP contribution is 2.24. The quantitative estimate of drug-likeness (QED) is 0.704. The zero-order valence-corrected chi connectivity index (χ0v) is 9.51. The number of fused-ring (bicyclic) bond motifs is 1. The molecule has 0 amide bonds. The van der Waals surface area contributed by atoms with Crippen molar-refractivity contribution in [3.8, 4) is 11.3 Å². The van der Waals surface area contributed by atoms with E-state index >= 15 is 0 Å². The van der Waals surface area contributed by atoms with Gasteiger partial charge in [-0.2, -0.15) is 10.1 Å². The van der Waals surface area contributed by atoms with Crippen LogP contribution in [0.25, 0.3) is 22.2 Å². The Morgan fingerprint density at radius 3 is 2.94 bits per heavy atom. The van der Waals surface area contributed by atoms with E-state index in [1.54, 1.807) is 24.1 Å². The summed E-state index contributed by atoms with van der Waals surface area (Å²) in [6.45, 7) is 0. The molecule has 0 fully saturated rings. The van der Waals surface area contributed by atoms with Gasteiger partial charge in [-0.1, -0.05) is 0 Å². The molecule has 2 heterocycles. The van der Waals surface area contributed by atoms with Gasteiger partial charge in [0.2, 0.25) is 0 Å². The maximum absolute atomic E-state index is 13.3. The highest BCUT2D eigenvalue weighted by atomic mass is 19.1. The van der Waals surface area contributed by atoms with E-state index in [4.69, 9.17) is 0 Å². The zero-order valence-electron chi connectivity index (χ0n) is 9.51. The van der Waals surface area contributed by atoms with Crippen LogP contribution in [0.5, 0.6) is 0 Å². The first-order valence-corrected chi connectivity index (χ1v) is 5.32. The molecule has 0 radical (unpaired) electrons. The molecule has 1 N–H and O–H groups in total. The van der Waals surface area contributed by atoms with E-state index in [0.29, 0.717) is 22.2 Å². The van der Waals surface area contributed by atoms with Crippen LogP contribution in [0.15, 0.2) is 35.4 Å². The van der Waals surface area contributed by atoms with Crippen molar-refractivity contribution in [3.63, 3.8) is 0 Å². The molecule has 90 valence electrons. The molecule has 6 heteroatoms. The molecule has 1 aromatic carbocycles. The molecule has 0 atom stereocenters. The lowest BCUT2D eigenvalue weighted by atomic mass is 10.1. The molecule has 3 rings (SSSR count). The van der Waals surface area contributed by atoms with E-state index in [-0.39, 0.29) is 5.82 Å². The number of hydrogen-bond acceptors (Lipinski definition) is 3. The smallest absolute Gasteiger partial charge is 0.305 e. The molecular formula is C12H9FN4O. The van der Waals surface area contributed by atoms with Crippen LogP contribution in [0.3, 0.4) is 0 Å². The van der Waals surface area contributed by atoms with Crippen LogP contribution in [0.4, 0.5) is 4.39 Å². The Balaban J connectivity index is 2.40. The summed E-state index contributed by atoms with van der Waals surface area (Å²) in [6, 6.07) is 4.17. The van der Waals surface area contributed by atoms with E-state index in [9.17, 15) is 9.18 Å². The molecule has 0 saturated carbocycles. The molecule has 0 spiro atoms. The summed E-state index contributed by atoms with van der Waals surface area (Å²) in [7, 11) is 1.76.